The second-order valence-corrected chi connectivity index (χ2v) is 11.8. The van der Waals surface area contributed by atoms with Gasteiger partial charge in [0.05, 0.1) is 28.1 Å². The maximum atomic E-state index is 5.25. The van der Waals surface area contributed by atoms with Gasteiger partial charge in [-0.15, -0.1) is 0 Å². The number of para-hydroxylation sites is 2. The summed E-state index contributed by atoms with van der Waals surface area (Å²) in [7, 11) is 0. The van der Waals surface area contributed by atoms with Crippen molar-refractivity contribution in [1.82, 2.24) is 14.5 Å². The fourth-order valence-electron chi connectivity index (χ4n) is 6.68. The molecular formula is C41H34N4. The van der Waals surface area contributed by atoms with Crippen molar-refractivity contribution < 1.29 is 0 Å². The van der Waals surface area contributed by atoms with Crippen molar-refractivity contribution in [3.63, 3.8) is 0 Å². The van der Waals surface area contributed by atoms with E-state index in [9.17, 15) is 0 Å². The summed E-state index contributed by atoms with van der Waals surface area (Å²) in [6.07, 6.45) is 4.27. The molecule has 0 aliphatic carbocycles. The lowest BCUT2D eigenvalue weighted by Gasteiger charge is -2.26. The molecule has 0 saturated carbocycles. The average Bonchev–Trinajstić information content (AvgIpc) is 3.46. The van der Waals surface area contributed by atoms with E-state index < -0.39 is 0 Å². The molecule has 4 heteroatoms. The van der Waals surface area contributed by atoms with Crippen LogP contribution < -0.4 is 4.90 Å². The Balaban J connectivity index is 1.40. The minimum atomic E-state index is 0.720. The van der Waals surface area contributed by atoms with Crippen molar-refractivity contribution in [2.24, 2.45) is 0 Å². The molecule has 1 aliphatic rings. The molecule has 3 heterocycles. The van der Waals surface area contributed by atoms with Crippen molar-refractivity contribution in [3.8, 4) is 28.2 Å². The largest absolute Gasteiger partial charge is 0.310 e. The SMILES string of the molecule is C=C1CCCCCN(c2nc(-c3ccccc3)cc(-c3ccccc3)n2)c2cc3c4ccccc4n(-c4ccccc4)c3cc21. The zero-order valence-electron chi connectivity index (χ0n) is 25.2. The third-order valence-corrected chi connectivity index (χ3v) is 8.93. The Hall–Kier alpha value is -5.48. The molecule has 1 aliphatic heterocycles. The number of anilines is 2. The van der Waals surface area contributed by atoms with Crippen LogP contribution in [0, 0.1) is 0 Å². The minimum absolute atomic E-state index is 0.720. The van der Waals surface area contributed by atoms with E-state index >= 15 is 0 Å². The highest BCUT2D eigenvalue weighted by atomic mass is 15.3. The number of hydrogen-bond donors (Lipinski definition) is 0. The molecule has 218 valence electrons. The summed E-state index contributed by atoms with van der Waals surface area (Å²) in [6.45, 7) is 5.47. The summed E-state index contributed by atoms with van der Waals surface area (Å²) < 4.78 is 2.38. The molecule has 0 N–H and O–H groups in total. The predicted octanol–water partition coefficient (Wildman–Crippen LogP) is 10.6. The Kier molecular flexibility index (Phi) is 6.95. The van der Waals surface area contributed by atoms with Crippen LogP contribution in [0.3, 0.4) is 0 Å². The molecule has 2 aromatic heterocycles. The Morgan fingerprint density at radius 1 is 0.556 bits per heavy atom. The summed E-state index contributed by atoms with van der Waals surface area (Å²) in [5.41, 5.74) is 11.0. The van der Waals surface area contributed by atoms with E-state index in [0.29, 0.717) is 0 Å². The maximum absolute atomic E-state index is 5.25. The number of rotatable bonds is 4. The summed E-state index contributed by atoms with van der Waals surface area (Å²) in [4.78, 5) is 12.9. The van der Waals surface area contributed by atoms with Crippen molar-refractivity contribution in [3.05, 3.63) is 146 Å². The van der Waals surface area contributed by atoms with E-state index in [0.717, 1.165) is 77.6 Å². The first kappa shape index (κ1) is 27.1. The maximum Gasteiger partial charge on any atom is 0.231 e. The monoisotopic (exact) mass is 582 g/mol. The highest BCUT2D eigenvalue weighted by molar-refractivity contribution is 6.11. The quantitative estimate of drug-likeness (QED) is 0.207. The molecule has 0 bridgehead atoms. The number of allylic oxidation sites excluding steroid dienone is 1. The Bertz CT molecular complexity index is 2090. The molecule has 0 spiro atoms. The van der Waals surface area contributed by atoms with Crippen LogP contribution >= 0.6 is 0 Å². The normalized spacial score (nSPS) is 13.8. The number of aromatic nitrogens is 3. The fraction of sp³-hybridized carbons (Fsp3) is 0.122. The molecule has 45 heavy (non-hydrogen) atoms. The van der Waals surface area contributed by atoms with Gasteiger partial charge in [0, 0.05) is 39.7 Å². The van der Waals surface area contributed by atoms with Gasteiger partial charge in [0.25, 0.3) is 0 Å². The highest BCUT2D eigenvalue weighted by Crippen LogP contribution is 2.42. The predicted molar refractivity (Wildman–Crippen MR) is 188 cm³/mol. The van der Waals surface area contributed by atoms with E-state index in [4.69, 9.17) is 9.97 Å². The minimum Gasteiger partial charge on any atom is -0.310 e. The number of benzene rings is 5. The van der Waals surface area contributed by atoms with Crippen LogP contribution in [0.4, 0.5) is 11.6 Å². The van der Waals surface area contributed by atoms with Crippen LogP contribution in [0.1, 0.15) is 31.2 Å². The van der Waals surface area contributed by atoms with Crippen molar-refractivity contribution in [2.45, 2.75) is 25.7 Å². The molecule has 8 rings (SSSR count). The number of nitrogens with zero attached hydrogens (tertiary/aromatic N) is 4. The van der Waals surface area contributed by atoms with Gasteiger partial charge in [-0.2, -0.15) is 0 Å². The summed E-state index contributed by atoms with van der Waals surface area (Å²) in [5.74, 6) is 0.720. The standard InChI is InChI=1S/C41H34N4/c1-29-16-6-5-15-25-44(41-42-36(30-17-7-2-8-18-30)28-37(43-41)31-19-9-3-10-20-31)39-27-35-33-23-13-14-24-38(33)45(40(35)26-34(29)39)32-21-11-4-12-22-32/h2-4,7-14,17-24,26-28H,1,5-6,15-16,25H2. The van der Waals surface area contributed by atoms with Crippen LogP contribution in [-0.2, 0) is 0 Å². The van der Waals surface area contributed by atoms with E-state index in [-0.39, 0.29) is 0 Å². The van der Waals surface area contributed by atoms with Gasteiger partial charge in [-0.05, 0) is 61.2 Å². The molecular weight excluding hydrogens is 548 g/mol. The molecule has 0 atom stereocenters. The molecule has 7 aromatic rings. The average molecular weight is 583 g/mol. The zero-order chi connectivity index (χ0) is 30.2. The van der Waals surface area contributed by atoms with Gasteiger partial charge >= 0.3 is 0 Å². The summed E-state index contributed by atoms with van der Waals surface area (Å²) in [6, 6.07) is 47.1. The molecule has 0 unspecified atom stereocenters. The van der Waals surface area contributed by atoms with Crippen LogP contribution in [-0.4, -0.2) is 21.1 Å². The lowest BCUT2D eigenvalue weighted by atomic mass is 9.98. The molecule has 4 nitrogen and oxygen atoms in total. The molecule has 0 amide bonds. The van der Waals surface area contributed by atoms with Gasteiger partial charge in [-0.25, -0.2) is 9.97 Å². The van der Waals surface area contributed by atoms with Crippen molar-refractivity contribution >= 4 is 39.0 Å². The first-order valence-electron chi connectivity index (χ1n) is 15.8. The van der Waals surface area contributed by atoms with Gasteiger partial charge in [-0.1, -0.05) is 110 Å². The lowest BCUT2D eigenvalue weighted by Crippen LogP contribution is -2.22. The molecule has 0 radical (unpaired) electrons. The van der Waals surface area contributed by atoms with Gasteiger partial charge in [0.15, 0.2) is 0 Å². The Morgan fingerprint density at radius 2 is 1.18 bits per heavy atom. The van der Waals surface area contributed by atoms with Gasteiger partial charge in [0.1, 0.15) is 0 Å². The topological polar surface area (TPSA) is 34.0 Å². The Morgan fingerprint density at radius 3 is 1.87 bits per heavy atom. The first-order chi connectivity index (χ1) is 22.2. The van der Waals surface area contributed by atoms with Crippen LogP contribution in [0.15, 0.2) is 140 Å². The van der Waals surface area contributed by atoms with Crippen LogP contribution in [0.25, 0.3) is 55.6 Å². The molecule has 0 saturated heterocycles. The van der Waals surface area contributed by atoms with Gasteiger partial charge in [-0.3, -0.25) is 0 Å². The highest BCUT2D eigenvalue weighted by Gasteiger charge is 2.24. The fourth-order valence-corrected chi connectivity index (χ4v) is 6.68. The number of hydrogen-bond acceptors (Lipinski definition) is 3. The third kappa shape index (κ3) is 4.98. The van der Waals surface area contributed by atoms with Gasteiger partial charge < -0.3 is 9.47 Å². The number of fused-ring (bicyclic) bond motifs is 4. The van der Waals surface area contributed by atoms with E-state index in [1.807, 2.05) is 12.1 Å². The molecule has 5 aromatic carbocycles. The smallest absolute Gasteiger partial charge is 0.231 e. The van der Waals surface area contributed by atoms with Crippen LogP contribution in [0.2, 0.25) is 0 Å². The lowest BCUT2D eigenvalue weighted by molar-refractivity contribution is 0.693. The first-order valence-corrected chi connectivity index (χ1v) is 15.8. The molecule has 0 fully saturated rings. The van der Waals surface area contributed by atoms with E-state index in [1.165, 1.54) is 27.4 Å². The third-order valence-electron chi connectivity index (χ3n) is 8.93. The van der Waals surface area contributed by atoms with E-state index in [2.05, 4.69) is 137 Å². The van der Waals surface area contributed by atoms with Crippen molar-refractivity contribution in [1.29, 1.82) is 0 Å². The zero-order valence-corrected chi connectivity index (χ0v) is 25.2. The van der Waals surface area contributed by atoms with Crippen molar-refractivity contribution in [2.75, 3.05) is 11.4 Å². The second kappa shape index (κ2) is 11.5. The second-order valence-electron chi connectivity index (χ2n) is 11.8. The Labute approximate surface area is 264 Å². The summed E-state index contributed by atoms with van der Waals surface area (Å²) >= 11 is 0. The summed E-state index contributed by atoms with van der Waals surface area (Å²) in [5, 5.41) is 2.45. The van der Waals surface area contributed by atoms with Gasteiger partial charge in [0.2, 0.25) is 5.95 Å². The van der Waals surface area contributed by atoms with Crippen LogP contribution in [0.5, 0.6) is 0 Å². The van der Waals surface area contributed by atoms with E-state index in [1.54, 1.807) is 0 Å².